The predicted octanol–water partition coefficient (Wildman–Crippen LogP) is -0.498. The lowest BCUT2D eigenvalue weighted by Gasteiger charge is -2.32. The molecule has 5 rings (SSSR count). The van der Waals surface area contributed by atoms with Crippen molar-refractivity contribution in [1.29, 1.82) is 0 Å². The van der Waals surface area contributed by atoms with E-state index in [0.29, 0.717) is 5.56 Å². The molecule has 0 radical (unpaired) electrons. The number of esters is 2. The van der Waals surface area contributed by atoms with Gasteiger partial charge >= 0.3 is 11.9 Å². The lowest BCUT2D eigenvalue weighted by atomic mass is 9.93. The van der Waals surface area contributed by atoms with Crippen molar-refractivity contribution >= 4 is 64.9 Å². The molecule has 1 saturated heterocycles. The summed E-state index contributed by atoms with van der Waals surface area (Å²) < 4.78 is 17.0. The van der Waals surface area contributed by atoms with Crippen LogP contribution in [-0.2, 0) is 59.0 Å². The van der Waals surface area contributed by atoms with E-state index < -0.39 is 156 Å². The molecule has 0 aliphatic carbocycles. The Hall–Kier alpha value is -6.62. The van der Waals surface area contributed by atoms with Crippen LogP contribution in [0.15, 0.2) is 66.7 Å². The molecule has 22 nitrogen and oxygen atoms in total. The van der Waals surface area contributed by atoms with Gasteiger partial charge in [-0.1, -0.05) is 83.5 Å². The fraction of sp³-hybridized carbons (Fsp3) is 0.540. The van der Waals surface area contributed by atoms with E-state index in [2.05, 4.69) is 37.2 Å². The maximum atomic E-state index is 14.8. The van der Waals surface area contributed by atoms with Crippen molar-refractivity contribution in [2.24, 2.45) is 17.8 Å². The number of carbonyl (C=O) groups is 9. The minimum absolute atomic E-state index is 0.118. The van der Waals surface area contributed by atoms with Crippen LogP contribution in [0.4, 0.5) is 0 Å². The SMILES string of the molecule is CC[C@H](C)[C@H]1NC(=O)[C@@H](NC(=O)[C@H](C)[C@H](O)C(C)C)[C@@H](C)OC(=O)[C@@H]2COC(=O)CNC(=O)/C=C/[C@](O)(CCl)[C@@H](C)Oc3ccc(cc3)[C@H](NC1=O)C(=O)N[C@@H](Cc1ccccc1)C(=O)N[C@H]([C@@H](C)O)C(=O)N2. The summed E-state index contributed by atoms with van der Waals surface area (Å²) in [6.07, 6.45) is -3.64. The van der Waals surface area contributed by atoms with E-state index in [1.54, 1.807) is 58.0 Å². The Bertz CT molecular complexity index is 2320. The van der Waals surface area contributed by atoms with E-state index in [4.69, 9.17) is 25.8 Å². The van der Waals surface area contributed by atoms with Gasteiger partial charge in [-0.25, -0.2) is 4.79 Å². The molecule has 0 aromatic heterocycles. The minimum Gasteiger partial charge on any atom is -0.487 e. The first-order chi connectivity index (χ1) is 34.4. The summed E-state index contributed by atoms with van der Waals surface area (Å²) in [6, 6.07) is 3.79. The van der Waals surface area contributed by atoms with Gasteiger partial charge in [-0.15, -0.1) is 11.6 Å². The second kappa shape index (κ2) is 26.9. The molecule has 3 aliphatic rings. The Balaban J connectivity index is 2.00. The molecule has 2 aromatic carbocycles. The molecule has 7 amide bonds. The van der Waals surface area contributed by atoms with Crippen LogP contribution in [0.5, 0.6) is 5.75 Å². The number of aliphatic hydroxyl groups is 3. The van der Waals surface area contributed by atoms with Gasteiger partial charge in [-0.3, -0.25) is 38.4 Å². The molecule has 1 fully saturated rings. The summed E-state index contributed by atoms with van der Waals surface area (Å²) in [5, 5.41) is 50.7. The Kier molecular flexibility index (Phi) is 21.7. The summed E-state index contributed by atoms with van der Waals surface area (Å²) in [5.41, 5.74) is -1.32. The topological polar surface area (TPSA) is 326 Å². The number of nitrogens with one attached hydrogen (secondary N) is 7. The molecule has 13 atom stereocenters. The molecule has 23 heteroatoms. The first-order valence-corrected chi connectivity index (χ1v) is 24.5. The van der Waals surface area contributed by atoms with Crippen molar-refractivity contribution in [3.63, 3.8) is 0 Å². The van der Waals surface area contributed by atoms with Crippen molar-refractivity contribution in [1.82, 2.24) is 37.2 Å². The Morgan fingerprint density at radius 2 is 1.42 bits per heavy atom. The van der Waals surface area contributed by atoms with Gasteiger partial charge in [0.05, 0.1) is 24.0 Å². The molecule has 10 N–H and O–H groups in total. The fourth-order valence-electron chi connectivity index (χ4n) is 7.63. The second-order valence-corrected chi connectivity index (χ2v) is 19.0. The number of benzene rings is 2. The van der Waals surface area contributed by atoms with Crippen molar-refractivity contribution in [3.05, 3.63) is 77.9 Å². The molecule has 4 bridgehead atoms. The van der Waals surface area contributed by atoms with Gasteiger partial charge in [0.15, 0.2) is 6.04 Å². The molecule has 400 valence electrons. The highest BCUT2D eigenvalue weighted by Gasteiger charge is 2.41. The highest BCUT2D eigenvalue weighted by atomic mass is 35.5. The van der Waals surface area contributed by atoms with E-state index in [9.17, 15) is 58.5 Å². The van der Waals surface area contributed by atoms with Gasteiger partial charge < -0.3 is 66.7 Å². The highest BCUT2D eigenvalue weighted by molar-refractivity contribution is 6.18. The van der Waals surface area contributed by atoms with E-state index in [1.165, 1.54) is 45.0 Å². The first-order valence-electron chi connectivity index (χ1n) is 24.0. The molecular weight excluding hydrogens is 974 g/mol. The Labute approximate surface area is 428 Å². The maximum absolute atomic E-state index is 14.8. The summed E-state index contributed by atoms with van der Waals surface area (Å²) in [4.78, 5) is 126. The van der Waals surface area contributed by atoms with Crippen molar-refractivity contribution in [2.75, 3.05) is 19.0 Å². The number of halogens is 1. The highest BCUT2D eigenvalue weighted by Crippen LogP contribution is 2.25. The average molecular weight is 1040 g/mol. The van der Waals surface area contributed by atoms with E-state index in [0.717, 1.165) is 19.1 Å². The number of cyclic esters (lactones) is 1. The van der Waals surface area contributed by atoms with Gasteiger partial charge in [0.25, 0.3) is 0 Å². The minimum atomic E-state index is -1.98. The zero-order valence-electron chi connectivity index (χ0n) is 42.0. The number of aliphatic hydroxyl groups excluding tert-OH is 2. The Morgan fingerprint density at radius 3 is 2.03 bits per heavy atom. The third-order valence-electron chi connectivity index (χ3n) is 12.7. The van der Waals surface area contributed by atoms with Crippen LogP contribution in [0, 0.1) is 17.8 Å². The van der Waals surface area contributed by atoms with Crippen molar-refractivity contribution < 1.29 is 72.7 Å². The second-order valence-electron chi connectivity index (χ2n) is 18.7. The number of alkyl halides is 1. The van der Waals surface area contributed by atoms with Gasteiger partial charge in [-0.2, -0.15) is 0 Å². The molecule has 0 spiro atoms. The van der Waals surface area contributed by atoms with E-state index >= 15 is 0 Å². The number of amides is 7. The third kappa shape index (κ3) is 16.4. The van der Waals surface area contributed by atoms with Gasteiger partial charge in [0.2, 0.25) is 41.4 Å². The van der Waals surface area contributed by atoms with Crippen molar-refractivity contribution in [2.45, 2.75) is 134 Å². The van der Waals surface area contributed by atoms with Crippen LogP contribution < -0.4 is 42.0 Å². The molecular formula is C50H68ClN7O15. The van der Waals surface area contributed by atoms with Crippen LogP contribution in [0.1, 0.15) is 79.0 Å². The number of rotatable bonds is 10. The fourth-order valence-corrected chi connectivity index (χ4v) is 7.93. The Morgan fingerprint density at radius 1 is 0.795 bits per heavy atom. The van der Waals surface area contributed by atoms with Crippen LogP contribution in [-0.4, -0.2) is 148 Å². The monoisotopic (exact) mass is 1040 g/mol. The van der Waals surface area contributed by atoms with E-state index in [-0.39, 0.29) is 24.2 Å². The number of hydrogen-bond acceptors (Lipinski definition) is 15. The molecule has 2 aromatic rings. The van der Waals surface area contributed by atoms with Gasteiger partial charge in [0, 0.05) is 12.5 Å². The molecule has 73 heavy (non-hydrogen) atoms. The number of fused-ring (bicyclic) bond motifs is 11. The van der Waals surface area contributed by atoms with Gasteiger partial charge in [0.1, 0.15) is 66.9 Å². The molecule has 3 aliphatic heterocycles. The summed E-state index contributed by atoms with van der Waals surface area (Å²) in [7, 11) is 0. The lowest BCUT2D eigenvalue weighted by Crippen LogP contribution is -2.61. The average Bonchev–Trinajstić information content (AvgIpc) is 3.36. The van der Waals surface area contributed by atoms with E-state index in [1.807, 2.05) is 0 Å². The summed E-state index contributed by atoms with van der Waals surface area (Å²) in [6.45, 7) is 10.1. The van der Waals surface area contributed by atoms with Crippen LogP contribution in [0.2, 0.25) is 0 Å². The van der Waals surface area contributed by atoms with Gasteiger partial charge in [-0.05, 0) is 61.9 Å². The standard InChI is InChI=1S/C50H68ClN7O15/c1-9-26(4)38-45(65)58-41-32-15-17-33(18-16-32)73-30(8)50(70,24-51)20-19-36(60)52-22-37(61)71-23-35(49(69)72-29(7)40(47(67)55-38)57-43(63)27(5)42(62)25(2)3)54-46(66)39(28(6)59)56-44(64)34(53-48(41)68)21-31-13-11-10-12-14-31/h10-20,25-30,34-35,38-42,59,62,70H,9,21-24H2,1-8H3,(H,52,60)(H,53,68)(H,54,66)(H,55,67)(H,56,64)(H,57,63)(H,58,65)/b20-19+/t26-,27+,28+,29+,30+,34-,35-,38+,39+,40-,41-,42+,50-/m0/s1. The van der Waals surface area contributed by atoms with Crippen LogP contribution in [0.3, 0.4) is 0 Å². The quantitative estimate of drug-likeness (QED) is 0.106. The maximum Gasteiger partial charge on any atom is 0.332 e. The number of ether oxygens (including phenoxy) is 3. The summed E-state index contributed by atoms with van der Waals surface area (Å²) >= 11 is 6.15. The summed E-state index contributed by atoms with van der Waals surface area (Å²) in [5.74, 6) is -12.0. The normalized spacial score (nSPS) is 28.6. The predicted molar refractivity (Wildman–Crippen MR) is 263 cm³/mol. The third-order valence-corrected chi connectivity index (χ3v) is 13.1. The zero-order valence-corrected chi connectivity index (χ0v) is 42.8. The molecule has 3 heterocycles. The zero-order chi connectivity index (χ0) is 54.3. The lowest BCUT2D eigenvalue weighted by molar-refractivity contribution is -0.160. The first kappa shape index (κ1) is 58.9. The molecule has 0 unspecified atom stereocenters. The number of hydrogen-bond donors (Lipinski definition) is 10. The van der Waals surface area contributed by atoms with Crippen LogP contribution >= 0.6 is 11.6 Å². The smallest absolute Gasteiger partial charge is 0.332 e. The van der Waals surface area contributed by atoms with Crippen molar-refractivity contribution in [3.8, 4) is 5.75 Å². The largest absolute Gasteiger partial charge is 0.487 e. The van der Waals surface area contributed by atoms with Crippen LogP contribution in [0.25, 0.3) is 0 Å². The molecule has 0 saturated carbocycles. The number of carbonyl (C=O) groups excluding carboxylic acids is 9.